The summed E-state index contributed by atoms with van der Waals surface area (Å²) in [5.74, 6) is -1.11. The first kappa shape index (κ1) is 14.1. The number of amides is 1. The quantitative estimate of drug-likeness (QED) is 0.909. The van der Waals surface area contributed by atoms with Crippen LogP contribution < -0.4 is 0 Å². The molecule has 1 aliphatic heterocycles. The second-order valence-electron chi connectivity index (χ2n) is 4.76. The minimum Gasteiger partial charge on any atom is -0.480 e. The molecular weight excluding hydrogens is 310 g/mol. The van der Waals surface area contributed by atoms with Crippen molar-refractivity contribution < 1.29 is 14.7 Å². The van der Waals surface area contributed by atoms with Crippen LogP contribution in [0.1, 0.15) is 35.2 Å². The van der Waals surface area contributed by atoms with Crippen LogP contribution in [0.5, 0.6) is 0 Å². The van der Waals surface area contributed by atoms with E-state index >= 15 is 0 Å². The second-order valence-corrected chi connectivity index (χ2v) is 5.62. The van der Waals surface area contributed by atoms with Gasteiger partial charge in [0, 0.05) is 16.6 Å². The van der Waals surface area contributed by atoms with Crippen molar-refractivity contribution in [3.05, 3.63) is 33.8 Å². The summed E-state index contributed by atoms with van der Waals surface area (Å²) in [7, 11) is 0. The number of halogens is 1. The Hall–Kier alpha value is -1.36. The molecule has 0 aliphatic carbocycles. The normalized spacial score (nSPS) is 19.3. The predicted octanol–water partition coefficient (Wildman–Crippen LogP) is 2.84. The summed E-state index contributed by atoms with van der Waals surface area (Å²) in [5.41, 5.74) is 1.42. The number of carbonyl (C=O) groups is 2. The van der Waals surface area contributed by atoms with Crippen molar-refractivity contribution in [1.82, 2.24) is 4.90 Å². The van der Waals surface area contributed by atoms with Crippen molar-refractivity contribution in [3.8, 4) is 0 Å². The second kappa shape index (κ2) is 5.74. The first-order chi connectivity index (χ1) is 9.02. The number of aliphatic carboxylic acids is 1. The summed E-state index contributed by atoms with van der Waals surface area (Å²) < 4.78 is 0.863. The van der Waals surface area contributed by atoms with Gasteiger partial charge in [0.25, 0.3) is 5.91 Å². The van der Waals surface area contributed by atoms with Crippen LogP contribution in [-0.2, 0) is 4.79 Å². The van der Waals surface area contributed by atoms with Gasteiger partial charge in [0.05, 0.1) is 0 Å². The average molecular weight is 326 g/mol. The summed E-state index contributed by atoms with van der Waals surface area (Å²) in [4.78, 5) is 25.3. The van der Waals surface area contributed by atoms with Crippen LogP contribution in [0.25, 0.3) is 0 Å². The van der Waals surface area contributed by atoms with E-state index in [1.54, 1.807) is 12.1 Å². The Labute approximate surface area is 120 Å². The maximum atomic E-state index is 12.5. The van der Waals surface area contributed by atoms with E-state index in [4.69, 9.17) is 0 Å². The van der Waals surface area contributed by atoms with Crippen molar-refractivity contribution in [2.45, 2.75) is 32.2 Å². The van der Waals surface area contributed by atoms with Gasteiger partial charge in [-0.1, -0.05) is 22.0 Å². The number of piperidine rings is 1. The molecule has 102 valence electrons. The van der Waals surface area contributed by atoms with Crippen molar-refractivity contribution in [1.29, 1.82) is 0 Å². The van der Waals surface area contributed by atoms with Gasteiger partial charge in [-0.05, 0) is 43.9 Å². The molecule has 1 aromatic rings. The zero-order chi connectivity index (χ0) is 14.0. The number of benzene rings is 1. The predicted molar refractivity (Wildman–Crippen MR) is 75.2 cm³/mol. The molecule has 19 heavy (non-hydrogen) atoms. The fourth-order valence-corrected chi connectivity index (χ4v) is 2.79. The molecule has 1 amide bonds. The zero-order valence-corrected chi connectivity index (χ0v) is 12.3. The third-order valence-corrected chi connectivity index (χ3v) is 4.41. The molecule has 1 heterocycles. The SMILES string of the molecule is Cc1c(Br)cccc1C(=O)N1CCCC[C@@H]1C(=O)O. The Morgan fingerprint density at radius 2 is 2.11 bits per heavy atom. The molecule has 0 aromatic heterocycles. The van der Waals surface area contributed by atoms with Crippen LogP contribution >= 0.6 is 15.9 Å². The van der Waals surface area contributed by atoms with E-state index in [0.717, 1.165) is 22.9 Å². The topological polar surface area (TPSA) is 57.6 Å². The Balaban J connectivity index is 2.31. The van der Waals surface area contributed by atoms with Crippen molar-refractivity contribution in [2.24, 2.45) is 0 Å². The Morgan fingerprint density at radius 3 is 2.79 bits per heavy atom. The van der Waals surface area contributed by atoms with E-state index < -0.39 is 12.0 Å². The monoisotopic (exact) mass is 325 g/mol. The van der Waals surface area contributed by atoms with Crippen LogP contribution in [-0.4, -0.2) is 34.5 Å². The molecule has 1 fully saturated rings. The van der Waals surface area contributed by atoms with Gasteiger partial charge in [0.1, 0.15) is 6.04 Å². The average Bonchev–Trinajstić information content (AvgIpc) is 2.41. The van der Waals surface area contributed by atoms with Crippen molar-refractivity contribution in [3.63, 3.8) is 0 Å². The van der Waals surface area contributed by atoms with Gasteiger partial charge < -0.3 is 10.0 Å². The third kappa shape index (κ3) is 2.81. The van der Waals surface area contributed by atoms with Crippen LogP contribution in [0.15, 0.2) is 22.7 Å². The molecule has 1 aromatic carbocycles. The van der Waals surface area contributed by atoms with Crippen molar-refractivity contribution in [2.75, 3.05) is 6.54 Å². The largest absolute Gasteiger partial charge is 0.480 e. The first-order valence-corrected chi connectivity index (χ1v) is 7.10. The summed E-state index contributed by atoms with van der Waals surface area (Å²) in [6.45, 7) is 2.37. The number of nitrogens with zero attached hydrogens (tertiary/aromatic N) is 1. The number of carbonyl (C=O) groups excluding carboxylic acids is 1. The number of hydrogen-bond acceptors (Lipinski definition) is 2. The molecule has 1 aliphatic rings. The summed E-state index contributed by atoms with van der Waals surface area (Å²) >= 11 is 3.40. The van der Waals surface area contributed by atoms with E-state index in [0.29, 0.717) is 18.5 Å². The van der Waals surface area contributed by atoms with Crippen LogP contribution in [0.4, 0.5) is 0 Å². The molecule has 1 N–H and O–H groups in total. The van der Waals surface area contributed by atoms with Crippen LogP contribution in [0, 0.1) is 6.92 Å². The van der Waals surface area contributed by atoms with Crippen molar-refractivity contribution >= 4 is 27.8 Å². The molecule has 0 radical (unpaired) electrons. The molecule has 1 saturated heterocycles. The molecule has 0 bridgehead atoms. The maximum Gasteiger partial charge on any atom is 0.326 e. The number of carboxylic acids is 1. The molecule has 0 saturated carbocycles. The lowest BCUT2D eigenvalue weighted by Gasteiger charge is -2.33. The van der Waals surface area contributed by atoms with Gasteiger partial charge in [0.2, 0.25) is 0 Å². The highest BCUT2D eigenvalue weighted by atomic mass is 79.9. The first-order valence-electron chi connectivity index (χ1n) is 6.31. The summed E-state index contributed by atoms with van der Waals surface area (Å²) in [6.07, 6.45) is 2.26. The lowest BCUT2D eigenvalue weighted by molar-refractivity contribution is -0.143. The maximum absolute atomic E-state index is 12.5. The van der Waals surface area contributed by atoms with Gasteiger partial charge in [-0.3, -0.25) is 4.79 Å². The number of likely N-dealkylation sites (tertiary alicyclic amines) is 1. The number of carboxylic acid groups (broad SMARTS) is 1. The van der Waals surface area contributed by atoms with E-state index in [1.807, 2.05) is 13.0 Å². The molecule has 1 atom stereocenters. The zero-order valence-electron chi connectivity index (χ0n) is 10.7. The summed E-state index contributed by atoms with van der Waals surface area (Å²) in [6, 6.07) is 4.72. The number of hydrogen-bond donors (Lipinski definition) is 1. The van der Waals surface area contributed by atoms with E-state index in [2.05, 4.69) is 15.9 Å². The molecular formula is C14H16BrNO3. The molecule has 2 rings (SSSR count). The highest BCUT2D eigenvalue weighted by Crippen LogP contribution is 2.24. The fourth-order valence-electron chi connectivity index (χ4n) is 2.43. The van der Waals surface area contributed by atoms with Gasteiger partial charge in [-0.25, -0.2) is 4.79 Å². The standard InChI is InChI=1S/C14H16BrNO3/c1-9-10(5-4-6-11(9)15)13(17)16-8-3-2-7-12(16)14(18)19/h4-6,12H,2-3,7-8H2,1H3,(H,18,19)/t12-/m1/s1. The Morgan fingerprint density at radius 1 is 1.37 bits per heavy atom. The van der Waals surface area contributed by atoms with Crippen LogP contribution in [0.3, 0.4) is 0 Å². The number of rotatable bonds is 2. The van der Waals surface area contributed by atoms with Gasteiger partial charge >= 0.3 is 5.97 Å². The molecule has 5 heteroatoms. The smallest absolute Gasteiger partial charge is 0.326 e. The molecule has 4 nitrogen and oxygen atoms in total. The lowest BCUT2D eigenvalue weighted by atomic mass is 9.99. The highest BCUT2D eigenvalue weighted by Gasteiger charge is 2.32. The lowest BCUT2D eigenvalue weighted by Crippen LogP contribution is -2.48. The molecule has 0 unspecified atom stereocenters. The van der Waals surface area contributed by atoms with E-state index in [-0.39, 0.29) is 5.91 Å². The fraction of sp³-hybridized carbons (Fsp3) is 0.429. The van der Waals surface area contributed by atoms with E-state index in [9.17, 15) is 14.7 Å². The minimum absolute atomic E-state index is 0.189. The minimum atomic E-state index is -0.916. The Bertz CT molecular complexity index is 515. The van der Waals surface area contributed by atoms with Gasteiger partial charge in [-0.2, -0.15) is 0 Å². The van der Waals surface area contributed by atoms with E-state index in [1.165, 1.54) is 4.90 Å². The summed E-state index contributed by atoms with van der Waals surface area (Å²) in [5, 5.41) is 9.23. The molecule has 0 spiro atoms. The van der Waals surface area contributed by atoms with Gasteiger partial charge in [0.15, 0.2) is 0 Å². The van der Waals surface area contributed by atoms with Crippen LogP contribution in [0.2, 0.25) is 0 Å². The third-order valence-electron chi connectivity index (χ3n) is 3.55. The highest BCUT2D eigenvalue weighted by molar-refractivity contribution is 9.10. The van der Waals surface area contributed by atoms with Gasteiger partial charge in [-0.15, -0.1) is 0 Å². The Kier molecular flexibility index (Phi) is 4.24.